The Balaban J connectivity index is 2.31. The molecule has 1 nitrogen and oxygen atoms in total. The van der Waals surface area contributed by atoms with Gasteiger partial charge in [-0.15, -0.1) is 0 Å². The Morgan fingerprint density at radius 3 is 2.55 bits per heavy atom. The lowest BCUT2D eigenvalue weighted by Gasteiger charge is -2.31. The van der Waals surface area contributed by atoms with E-state index in [1.807, 2.05) is 0 Å². The van der Waals surface area contributed by atoms with Crippen molar-refractivity contribution in [1.82, 2.24) is 5.32 Å². The van der Waals surface area contributed by atoms with E-state index in [0.717, 1.165) is 18.5 Å². The van der Waals surface area contributed by atoms with Crippen molar-refractivity contribution in [3.05, 3.63) is 0 Å². The fourth-order valence-electron chi connectivity index (χ4n) is 2.23. The molecule has 0 amide bonds. The van der Waals surface area contributed by atoms with E-state index in [1.54, 1.807) is 0 Å². The fraction of sp³-hybridized carbons (Fsp3) is 1.00. The van der Waals surface area contributed by atoms with Crippen molar-refractivity contribution in [1.29, 1.82) is 0 Å². The molecule has 0 radical (unpaired) electrons. The number of hydrogen-bond acceptors (Lipinski definition) is 1. The third kappa shape index (κ3) is 2.48. The molecule has 1 fully saturated rings. The van der Waals surface area contributed by atoms with Gasteiger partial charge < -0.3 is 5.32 Å². The van der Waals surface area contributed by atoms with Crippen LogP contribution >= 0.6 is 0 Å². The molecule has 1 saturated carbocycles. The molecule has 66 valence electrons. The average molecular weight is 155 g/mol. The summed E-state index contributed by atoms with van der Waals surface area (Å²) in [7, 11) is 0. The van der Waals surface area contributed by atoms with Crippen molar-refractivity contribution >= 4 is 0 Å². The molecule has 0 bridgehead atoms. The molecule has 0 heterocycles. The monoisotopic (exact) mass is 155 g/mol. The second-order valence-electron chi connectivity index (χ2n) is 3.62. The molecule has 0 aromatic rings. The van der Waals surface area contributed by atoms with Crippen molar-refractivity contribution < 1.29 is 0 Å². The van der Waals surface area contributed by atoms with Gasteiger partial charge in [-0.1, -0.05) is 33.1 Å². The summed E-state index contributed by atoms with van der Waals surface area (Å²) < 4.78 is 0. The van der Waals surface area contributed by atoms with Gasteiger partial charge in [0.15, 0.2) is 0 Å². The molecule has 2 unspecified atom stereocenters. The minimum atomic E-state index is 0.832. The molecule has 0 aromatic heterocycles. The summed E-state index contributed by atoms with van der Waals surface area (Å²) in [6, 6.07) is 0.832. The first-order valence-electron chi connectivity index (χ1n) is 5.11. The van der Waals surface area contributed by atoms with Crippen LogP contribution in [0.15, 0.2) is 0 Å². The van der Waals surface area contributed by atoms with Gasteiger partial charge in [-0.2, -0.15) is 0 Å². The molecule has 2 atom stereocenters. The molecule has 0 aromatic carbocycles. The van der Waals surface area contributed by atoms with E-state index in [2.05, 4.69) is 19.2 Å². The van der Waals surface area contributed by atoms with Crippen LogP contribution in [0.25, 0.3) is 0 Å². The van der Waals surface area contributed by atoms with Gasteiger partial charge in [-0.25, -0.2) is 0 Å². The largest absolute Gasteiger partial charge is 0.314 e. The number of nitrogens with one attached hydrogen (secondary N) is 1. The number of rotatable bonds is 3. The van der Waals surface area contributed by atoms with Crippen molar-refractivity contribution in [3.8, 4) is 0 Å². The molecule has 0 aliphatic heterocycles. The van der Waals surface area contributed by atoms with E-state index in [9.17, 15) is 0 Å². The molecule has 0 spiro atoms. The average Bonchev–Trinajstić information content (AvgIpc) is 2.06. The van der Waals surface area contributed by atoms with Crippen LogP contribution in [-0.2, 0) is 0 Å². The molecule has 11 heavy (non-hydrogen) atoms. The van der Waals surface area contributed by atoms with Crippen LogP contribution in [0.2, 0.25) is 0 Å². The zero-order valence-corrected chi connectivity index (χ0v) is 7.90. The van der Waals surface area contributed by atoms with Gasteiger partial charge in [-0.05, 0) is 25.3 Å². The van der Waals surface area contributed by atoms with E-state index in [0.29, 0.717) is 0 Å². The van der Waals surface area contributed by atoms with Crippen LogP contribution in [-0.4, -0.2) is 12.6 Å². The second kappa shape index (κ2) is 4.76. The van der Waals surface area contributed by atoms with Gasteiger partial charge >= 0.3 is 0 Å². The lowest BCUT2D eigenvalue weighted by molar-refractivity contribution is 0.259. The van der Waals surface area contributed by atoms with Crippen molar-refractivity contribution in [2.24, 2.45) is 5.92 Å². The van der Waals surface area contributed by atoms with Crippen LogP contribution in [0.5, 0.6) is 0 Å². The smallest absolute Gasteiger partial charge is 0.00951 e. The molecule has 1 aliphatic carbocycles. The van der Waals surface area contributed by atoms with Crippen molar-refractivity contribution in [3.63, 3.8) is 0 Å². The fourth-order valence-corrected chi connectivity index (χ4v) is 2.23. The van der Waals surface area contributed by atoms with E-state index < -0.39 is 0 Å². The quantitative estimate of drug-likeness (QED) is 0.660. The SMILES string of the molecule is CCNC1CCCCC1CC. The Labute approximate surface area is 70.6 Å². The lowest BCUT2D eigenvalue weighted by atomic mass is 9.83. The summed E-state index contributed by atoms with van der Waals surface area (Å²) in [6.07, 6.45) is 7.12. The first kappa shape index (κ1) is 9.05. The number of hydrogen-bond donors (Lipinski definition) is 1. The van der Waals surface area contributed by atoms with Gasteiger partial charge in [0, 0.05) is 6.04 Å². The minimum absolute atomic E-state index is 0.832. The maximum atomic E-state index is 3.59. The van der Waals surface area contributed by atoms with Gasteiger partial charge in [0.2, 0.25) is 0 Å². The summed E-state index contributed by atoms with van der Waals surface area (Å²) in [5, 5.41) is 3.59. The van der Waals surface area contributed by atoms with Gasteiger partial charge in [0.1, 0.15) is 0 Å². The third-order valence-electron chi connectivity index (χ3n) is 2.90. The predicted molar refractivity (Wildman–Crippen MR) is 49.7 cm³/mol. The minimum Gasteiger partial charge on any atom is -0.314 e. The third-order valence-corrected chi connectivity index (χ3v) is 2.90. The Kier molecular flexibility index (Phi) is 3.92. The molecular formula is C10H21N. The molecule has 1 heteroatoms. The Hall–Kier alpha value is -0.0400. The summed E-state index contributed by atoms with van der Waals surface area (Å²) in [5.41, 5.74) is 0. The highest BCUT2D eigenvalue weighted by atomic mass is 14.9. The first-order chi connectivity index (χ1) is 5.38. The summed E-state index contributed by atoms with van der Waals surface area (Å²) in [4.78, 5) is 0. The van der Waals surface area contributed by atoms with Crippen molar-refractivity contribution in [2.45, 2.75) is 52.0 Å². The maximum Gasteiger partial charge on any atom is 0.00951 e. The zero-order chi connectivity index (χ0) is 8.10. The zero-order valence-electron chi connectivity index (χ0n) is 7.90. The maximum absolute atomic E-state index is 3.59. The standard InChI is InChI=1S/C10H21N/c1-3-9-7-5-6-8-10(9)11-4-2/h9-11H,3-8H2,1-2H3. The lowest BCUT2D eigenvalue weighted by Crippen LogP contribution is -2.37. The van der Waals surface area contributed by atoms with E-state index in [1.165, 1.54) is 32.1 Å². The van der Waals surface area contributed by atoms with Crippen molar-refractivity contribution in [2.75, 3.05) is 6.54 Å². The van der Waals surface area contributed by atoms with Crippen LogP contribution in [0, 0.1) is 5.92 Å². The van der Waals surface area contributed by atoms with Crippen LogP contribution in [0.3, 0.4) is 0 Å². The van der Waals surface area contributed by atoms with E-state index in [4.69, 9.17) is 0 Å². The Morgan fingerprint density at radius 2 is 1.91 bits per heavy atom. The van der Waals surface area contributed by atoms with E-state index in [-0.39, 0.29) is 0 Å². The Morgan fingerprint density at radius 1 is 1.18 bits per heavy atom. The van der Waals surface area contributed by atoms with E-state index >= 15 is 0 Å². The molecule has 1 rings (SSSR count). The predicted octanol–water partition coefficient (Wildman–Crippen LogP) is 2.56. The van der Waals surface area contributed by atoms with Crippen LogP contribution < -0.4 is 5.32 Å². The summed E-state index contributed by atoms with van der Waals surface area (Å²) >= 11 is 0. The highest BCUT2D eigenvalue weighted by Crippen LogP contribution is 2.26. The second-order valence-corrected chi connectivity index (χ2v) is 3.62. The topological polar surface area (TPSA) is 12.0 Å². The highest BCUT2D eigenvalue weighted by Gasteiger charge is 2.21. The molecular weight excluding hydrogens is 134 g/mol. The molecule has 0 saturated heterocycles. The van der Waals surface area contributed by atoms with Gasteiger partial charge in [-0.3, -0.25) is 0 Å². The van der Waals surface area contributed by atoms with Crippen LogP contribution in [0.4, 0.5) is 0 Å². The molecule has 1 N–H and O–H groups in total. The van der Waals surface area contributed by atoms with Crippen LogP contribution in [0.1, 0.15) is 46.0 Å². The summed E-state index contributed by atoms with van der Waals surface area (Å²) in [5.74, 6) is 0.962. The highest BCUT2D eigenvalue weighted by molar-refractivity contribution is 4.79. The Bertz CT molecular complexity index is 99.0. The normalized spacial score (nSPS) is 32.2. The summed E-state index contributed by atoms with van der Waals surface area (Å²) in [6.45, 7) is 5.67. The van der Waals surface area contributed by atoms with Gasteiger partial charge in [0.25, 0.3) is 0 Å². The first-order valence-corrected chi connectivity index (χ1v) is 5.11. The molecule has 1 aliphatic rings. The van der Waals surface area contributed by atoms with Gasteiger partial charge in [0.05, 0.1) is 0 Å².